The Labute approximate surface area is 132 Å². The maximum absolute atomic E-state index is 11.9. The maximum Gasteiger partial charge on any atom is 0.273 e. The Morgan fingerprint density at radius 3 is 2.82 bits per heavy atom. The minimum atomic E-state index is -0.223. The molecular weight excluding hydrogens is 300 g/mol. The second-order valence-electron chi connectivity index (χ2n) is 5.13. The average molecular weight is 318 g/mol. The number of pyridine rings is 1. The highest BCUT2D eigenvalue weighted by Gasteiger charge is 2.12. The number of aromatic nitrogens is 1. The van der Waals surface area contributed by atoms with E-state index in [0.717, 1.165) is 36.7 Å². The van der Waals surface area contributed by atoms with Crippen molar-refractivity contribution < 1.29 is 4.74 Å². The molecule has 3 rings (SSSR count). The van der Waals surface area contributed by atoms with E-state index >= 15 is 0 Å². The molecule has 22 heavy (non-hydrogen) atoms. The van der Waals surface area contributed by atoms with Crippen LogP contribution in [0.4, 0.5) is 10.8 Å². The number of ether oxygens (including phenoxy) is 1. The molecule has 0 amide bonds. The Bertz CT molecular complexity index is 744. The Morgan fingerprint density at radius 2 is 2.09 bits per heavy atom. The number of nitrogens with two attached hydrogens (primary N) is 1. The van der Waals surface area contributed by atoms with Gasteiger partial charge in [0.05, 0.1) is 24.4 Å². The fourth-order valence-corrected chi connectivity index (χ4v) is 3.25. The van der Waals surface area contributed by atoms with Gasteiger partial charge in [0.2, 0.25) is 0 Å². The van der Waals surface area contributed by atoms with Gasteiger partial charge in [-0.25, -0.2) is 0 Å². The van der Waals surface area contributed by atoms with Crippen LogP contribution in [-0.2, 0) is 4.74 Å². The lowest BCUT2D eigenvalue weighted by Crippen LogP contribution is -2.35. The van der Waals surface area contributed by atoms with Crippen LogP contribution in [0, 0.1) is 6.92 Å². The average Bonchev–Trinajstić information content (AvgIpc) is 2.96. The van der Waals surface area contributed by atoms with E-state index < -0.39 is 0 Å². The number of morpholine rings is 1. The summed E-state index contributed by atoms with van der Waals surface area (Å²) < 4.78 is 6.56. The molecule has 0 radical (unpaired) electrons. The van der Waals surface area contributed by atoms with Crippen LogP contribution in [0.5, 0.6) is 0 Å². The van der Waals surface area contributed by atoms with Crippen molar-refractivity contribution in [1.82, 2.24) is 4.68 Å². The van der Waals surface area contributed by atoms with E-state index in [1.54, 1.807) is 23.6 Å². The van der Waals surface area contributed by atoms with Crippen molar-refractivity contribution in [1.29, 1.82) is 0 Å². The normalized spacial score (nSPS) is 15.6. The molecule has 3 heterocycles. The number of thiophene rings is 1. The van der Waals surface area contributed by atoms with Crippen LogP contribution in [0.15, 0.2) is 34.2 Å². The highest BCUT2D eigenvalue weighted by Crippen LogP contribution is 2.25. The molecule has 7 heteroatoms. The van der Waals surface area contributed by atoms with Crippen LogP contribution in [0.1, 0.15) is 10.4 Å². The number of rotatable bonds is 3. The minimum absolute atomic E-state index is 0.223. The zero-order valence-electron chi connectivity index (χ0n) is 12.4. The van der Waals surface area contributed by atoms with E-state index in [9.17, 15) is 4.79 Å². The third-order valence-corrected chi connectivity index (χ3v) is 4.50. The lowest BCUT2D eigenvalue weighted by atomic mass is 10.3. The number of hydrogen-bond acceptors (Lipinski definition) is 6. The summed E-state index contributed by atoms with van der Waals surface area (Å²) in [6.45, 7) is 5.16. The van der Waals surface area contributed by atoms with E-state index in [1.165, 1.54) is 15.7 Å². The summed E-state index contributed by atoms with van der Waals surface area (Å²) in [6.07, 6.45) is 1.67. The summed E-state index contributed by atoms with van der Waals surface area (Å²) in [5, 5.41) is 5.39. The molecule has 0 atom stereocenters. The van der Waals surface area contributed by atoms with Crippen molar-refractivity contribution in [3.05, 3.63) is 45.1 Å². The van der Waals surface area contributed by atoms with Crippen LogP contribution in [-0.4, -0.2) is 37.2 Å². The molecule has 1 aliphatic heterocycles. The van der Waals surface area contributed by atoms with Crippen molar-refractivity contribution in [3.63, 3.8) is 0 Å². The Hall–Kier alpha value is -2.12. The van der Waals surface area contributed by atoms with Gasteiger partial charge in [0.1, 0.15) is 5.82 Å². The zero-order valence-corrected chi connectivity index (χ0v) is 13.2. The Kier molecular flexibility index (Phi) is 4.26. The van der Waals surface area contributed by atoms with Crippen molar-refractivity contribution in [2.75, 3.05) is 36.9 Å². The molecule has 2 N–H and O–H groups in total. The molecule has 1 fully saturated rings. The first-order valence-corrected chi connectivity index (χ1v) is 7.91. The summed E-state index contributed by atoms with van der Waals surface area (Å²) in [7, 11) is 0. The van der Waals surface area contributed by atoms with E-state index in [1.807, 2.05) is 13.0 Å². The first kappa shape index (κ1) is 14.8. The third-order valence-electron chi connectivity index (χ3n) is 3.42. The molecule has 6 nitrogen and oxygen atoms in total. The lowest BCUT2D eigenvalue weighted by molar-refractivity contribution is 0.123. The quantitative estimate of drug-likeness (QED) is 0.871. The van der Waals surface area contributed by atoms with Gasteiger partial charge in [-0.1, -0.05) is 0 Å². The first-order chi connectivity index (χ1) is 10.6. The lowest BCUT2D eigenvalue weighted by Gasteiger charge is -2.27. The van der Waals surface area contributed by atoms with Crippen LogP contribution >= 0.6 is 11.3 Å². The van der Waals surface area contributed by atoms with Gasteiger partial charge in [0, 0.05) is 24.0 Å². The van der Waals surface area contributed by atoms with Gasteiger partial charge in [-0.3, -0.25) is 4.79 Å². The van der Waals surface area contributed by atoms with Crippen molar-refractivity contribution >= 4 is 28.4 Å². The molecule has 0 aromatic carbocycles. The largest absolute Gasteiger partial charge is 0.384 e. The number of nitrogen functional groups attached to an aromatic ring is 1. The second-order valence-corrected chi connectivity index (χ2v) is 6.22. The predicted octanol–water partition coefficient (Wildman–Crippen LogP) is 1.52. The van der Waals surface area contributed by atoms with E-state index in [-0.39, 0.29) is 5.56 Å². The molecule has 116 valence electrons. The number of anilines is 2. The third kappa shape index (κ3) is 3.20. The van der Waals surface area contributed by atoms with Crippen molar-refractivity contribution in [2.24, 2.45) is 5.10 Å². The molecule has 2 aromatic rings. The monoisotopic (exact) mass is 318 g/mol. The number of aryl methyl sites for hydroxylation is 1. The van der Waals surface area contributed by atoms with Crippen LogP contribution < -0.4 is 16.2 Å². The summed E-state index contributed by atoms with van der Waals surface area (Å²) in [6, 6.07) is 7.31. The van der Waals surface area contributed by atoms with Gasteiger partial charge >= 0.3 is 0 Å². The van der Waals surface area contributed by atoms with E-state index in [0.29, 0.717) is 5.82 Å². The summed E-state index contributed by atoms with van der Waals surface area (Å²) in [5.41, 5.74) is 6.45. The maximum atomic E-state index is 11.9. The molecule has 0 aliphatic carbocycles. The van der Waals surface area contributed by atoms with Gasteiger partial charge in [-0.15, -0.1) is 11.3 Å². The number of hydrogen-bond donors (Lipinski definition) is 1. The van der Waals surface area contributed by atoms with Crippen LogP contribution in [0.25, 0.3) is 0 Å². The molecule has 1 saturated heterocycles. The van der Waals surface area contributed by atoms with Gasteiger partial charge in [-0.05, 0) is 30.7 Å². The molecule has 0 saturated carbocycles. The molecule has 0 bridgehead atoms. The van der Waals surface area contributed by atoms with E-state index in [4.69, 9.17) is 10.5 Å². The van der Waals surface area contributed by atoms with Crippen molar-refractivity contribution in [3.8, 4) is 0 Å². The van der Waals surface area contributed by atoms with Crippen LogP contribution in [0.2, 0.25) is 0 Å². The smallest absolute Gasteiger partial charge is 0.273 e. The Morgan fingerprint density at radius 1 is 1.32 bits per heavy atom. The molecule has 0 spiro atoms. The SMILES string of the molecule is Cc1cc(N)n(/N=C\c2ccc(N3CCOCC3)s2)c(=O)c1. The molecule has 1 aliphatic rings. The molecule has 0 unspecified atom stereocenters. The summed E-state index contributed by atoms with van der Waals surface area (Å²) in [5.74, 6) is 0.339. The fraction of sp³-hybridized carbons (Fsp3) is 0.333. The predicted molar refractivity (Wildman–Crippen MR) is 90.2 cm³/mol. The van der Waals surface area contributed by atoms with E-state index in [2.05, 4.69) is 16.1 Å². The number of nitrogens with zero attached hydrogens (tertiary/aromatic N) is 3. The molecule has 2 aromatic heterocycles. The second kappa shape index (κ2) is 6.33. The minimum Gasteiger partial charge on any atom is -0.384 e. The highest BCUT2D eigenvalue weighted by atomic mass is 32.1. The van der Waals surface area contributed by atoms with Crippen LogP contribution in [0.3, 0.4) is 0 Å². The topological polar surface area (TPSA) is 72.8 Å². The Balaban J connectivity index is 1.79. The molecular formula is C15H18N4O2S. The zero-order chi connectivity index (χ0) is 15.5. The van der Waals surface area contributed by atoms with Gasteiger partial charge in [-0.2, -0.15) is 9.78 Å². The van der Waals surface area contributed by atoms with Gasteiger partial charge in [0.25, 0.3) is 5.56 Å². The summed E-state index contributed by atoms with van der Waals surface area (Å²) >= 11 is 1.64. The fourth-order valence-electron chi connectivity index (χ4n) is 2.32. The summed E-state index contributed by atoms with van der Waals surface area (Å²) in [4.78, 5) is 15.2. The highest BCUT2D eigenvalue weighted by molar-refractivity contribution is 7.17. The standard InChI is InChI=1S/C15H18N4O2S/c1-11-8-13(16)19(14(20)9-11)17-10-12-2-3-15(22-12)18-4-6-21-7-5-18/h2-3,8-10H,4-7,16H2,1H3/b17-10-. The van der Waals surface area contributed by atoms with Crippen molar-refractivity contribution in [2.45, 2.75) is 6.92 Å². The first-order valence-electron chi connectivity index (χ1n) is 7.09. The van der Waals surface area contributed by atoms with Gasteiger partial charge < -0.3 is 15.4 Å². The van der Waals surface area contributed by atoms with Gasteiger partial charge in [0.15, 0.2) is 0 Å².